The van der Waals surface area contributed by atoms with Gasteiger partial charge in [-0.2, -0.15) is 17.5 Å². The fourth-order valence-electron chi connectivity index (χ4n) is 3.82. The van der Waals surface area contributed by atoms with E-state index in [0.717, 1.165) is 12.3 Å². The quantitative estimate of drug-likeness (QED) is 0.742. The Hall–Kier alpha value is -2.66. The predicted molar refractivity (Wildman–Crippen MR) is 107 cm³/mol. The molecule has 0 saturated carbocycles. The molecular formula is C20H22F3N3O4S. The molecule has 31 heavy (non-hydrogen) atoms. The molecule has 1 aliphatic rings. The molecule has 2 aromatic rings. The number of aromatic nitrogens is 1. The number of nitrogens with zero attached hydrogens (tertiary/aromatic N) is 3. The van der Waals surface area contributed by atoms with Crippen molar-refractivity contribution in [3.63, 3.8) is 0 Å². The lowest BCUT2D eigenvalue weighted by atomic mass is 10.1. The molecule has 0 aliphatic carbocycles. The molecule has 1 aromatic carbocycles. The maximum absolute atomic E-state index is 13.3. The summed E-state index contributed by atoms with van der Waals surface area (Å²) in [6.45, 7) is 3.92. The zero-order chi connectivity index (χ0) is 23.0. The van der Waals surface area contributed by atoms with Gasteiger partial charge in [-0.1, -0.05) is 12.1 Å². The fourth-order valence-corrected chi connectivity index (χ4v) is 5.70. The van der Waals surface area contributed by atoms with E-state index in [4.69, 9.17) is 5.11 Å². The molecular weight excluding hydrogens is 435 g/mol. The second kappa shape index (κ2) is 8.46. The van der Waals surface area contributed by atoms with Crippen molar-refractivity contribution in [3.8, 4) is 0 Å². The summed E-state index contributed by atoms with van der Waals surface area (Å²) in [7, 11) is -3.91. The highest BCUT2D eigenvalue weighted by Crippen LogP contribution is 2.31. The average Bonchev–Trinajstić information content (AvgIpc) is 2.66. The van der Waals surface area contributed by atoms with Crippen molar-refractivity contribution in [2.24, 2.45) is 0 Å². The van der Waals surface area contributed by atoms with Gasteiger partial charge in [0.15, 0.2) is 0 Å². The standard InChI is InChI=1S/C20H22F3N3O4S/c1-13-11-25(18-7-6-16(10-24-18)20(21,22)23)12-14(2)26(13)31(29,30)17-5-3-4-15(8-17)9-19(27)28/h3-8,10,13-14H,9,11-12H2,1-2H3,(H,27,28)/t13-,14+. The Kier molecular flexibility index (Phi) is 6.28. The van der Waals surface area contributed by atoms with Crippen LogP contribution in [0.3, 0.4) is 0 Å². The molecule has 3 rings (SSSR count). The number of piperazine rings is 1. The summed E-state index contributed by atoms with van der Waals surface area (Å²) in [4.78, 5) is 16.6. The number of anilines is 1. The summed E-state index contributed by atoms with van der Waals surface area (Å²) in [6, 6.07) is 7.09. The third-order valence-electron chi connectivity index (χ3n) is 5.07. The molecule has 0 unspecified atom stereocenters. The predicted octanol–water partition coefficient (Wildman–Crippen LogP) is 3.02. The monoisotopic (exact) mass is 457 g/mol. The minimum Gasteiger partial charge on any atom is -0.481 e. The summed E-state index contributed by atoms with van der Waals surface area (Å²) < 4.78 is 66.2. The number of alkyl halides is 3. The lowest BCUT2D eigenvalue weighted by molar-refractivity contribution is -0.138. The second-order valence-corrected chi connectivity index (χ2v) is 9.40. The van der Waals surface area contributed by atoms with Crippen LogP contribution in [-0.4, -0.2) is 54.0 Å². The summed E-state index contributed by atoms with van der Waals surface area (Å²) in [5.41, 5.74) is -0.471. The van der Waals surface area contributed by atoms with E-state index in [0.29, 0.717) is 11.4 Å². The molecule has 11 heteroatoms. The molecule has 0 spiro atoms. The molecule has 0 radical (unpaired) electrons. The molecule has 2 atom stereocenters. The van der Waals surface area contributed by atoms with Crippen LogP contribution in [0.1, 0.15) is 25.0 Å². The van der Waals surface area contributed by atoms with Crippen molar-refractivity contribution in [3.05, 3.63) is 53.7 Å². The number of carbonyl (C=O) groups is 1. The van der Waals surface area contributed by atoms with Crippen LogP contribution in [0.25, 0.3) is 0 Å². The first-order chi connectivity index (χ1) is 14.4. The number of pyridine rings is 1. The van der Waals surface area contributed by atoms with Gasteiger partial charge in [0.1, 0.15) is 5.82 Å². The van der Waals surface area contributed by atoms with E-state index in [1.54, 1.807) is 24.8 Å². The smallest absolute Gasteiger partial charge is 0.417 e. The molecule has 1 aromatic heterocycles. The van der Waals surface area contributed by atoms with Crippen LogP contribution in [0.15, 0.2) is 47.5 Å². The van der Waals surface area contributed by atoms with Crippen LogP contribution in [0.5, 0.6) is 0 Å². The Bertz CT molecular complexity index is 1050. The van der Waals surface area contributed by atoms with Gasteiger partial charge in [-0.3, -0.25) is 4.79 Å². The summed E-state index contributed by atoms with van der Waals surface area (Å²) >= 11 is 0. The maximum Gasteiger partial charge on any atom is 0.417 e. The van der Waals surface area contributed by atoms with E-state index < -0.39 is 39.8 Å². The summed E-state index contributed by atoms with van der Waals surface area (Å²) in [5.74, 6) is -0.721. The Morgan fingerprint density at radius 2 is 1.81 bits per heavy atom. The van der Waals surface area contributed by atoms with E-state index in [9.17, 15) is 26.4 Å². The van der Waals surface area contributed by atoms with Crippen LogP contribution in [0, 0.1) is 0 Å². The molecule has 168 valence electrons. The zero-order valence-electron chi connectivity index (χ0n) is 16.9. The van der Waals surface area contributed by atoms with E-state index in [2.05, 4.69) is 4.98 Å². The van der Waals surface area contributed by atoms with Crippen LogP contribution in [0.4, 0.5) is 19.0 Å². The topological polar surface area (TPSA) is 90.8 Å². The first-order valence-electron chi connectivity index (χ1n) is 9.52. The van der Waals surface area contributed by atoms with Crippen LogP contribution in [0.2, 0.25) is 0 Å². The molecule has 1 aliphatic heterocycles. The number of carboxylic acid groups (broad SMARTS) is 1. The zero-order valence-corrected chi connectivity index (χ0v) is 17.7. The van der Waals surface area contributed by atoms with E-state index in [1.807, 2.05) is 0 Å². The number of rotatable bonds is 5. The lowest BCUT2D eigenvalue weighted by Gasteiger charge is -2.43. The van der Waals surface area contributed by atoms with Gasteiger partial charge in [-0.15, -0.1) is 0 Å². The van der Waals surface area contributed by atoms with Crippen molar-refractivity contribution < 1.29 is 31.5 Å². The van der Waals surface area contributed by atoms with Gasteiger partial charge in [0.2, 0.25) is 10.0 Å². The van der Waals surface area contributed by atoms with Gasteiger partial charge < -0.3 is 10.0 Å². The van der Waals surface area contributed by atoms with Crippen molar-refractivity contribution >= 4 is 21.8 Å². The Morgan fingerprint density at radius 1 is 1.16 bits per heavy atom. The third kappa shape index (κ3) is 4.99. The highest BCUT2D eigenvalue weighted by molar-refractivity contribution is 7.89. The first kappa shape index (κ1) is 23.0. The molecule has 0 bridgehead atoms. The minimum absolute atomic E-state index is 0.00561. The van der Waals surface area contributed by atoms with Gasteiger partial charge in [-0.25, -0.2) is 13.4 Å². The Labute approximate surface area is 178 Å². The van der Waals surface area contributed by atoms with Gasteiger partial charge in [0.25, 0.3) is 0 Å². The molecule has 2 heterocycles. The minimum atomic E-state index is -4.48. The number of sulfonamides is 1. The van der Waals surface area contributed by atoms with Gasteiger partial charge in [0.05, 0.1) is 16.9 Å². The summed E-state index contributed by atoms with van der Waals surface area (Å²) in [6.07, 6.45) is -4.00. The van der Waals surface area contributed by atoms with Crippen molar-refractivity contribution in [2.75, 3.05) is 18.0 Å². The fraction of sp³-hybridized carbons (Fsp3) is 0.400. The SMILES string of the molecule is C[C@@H]1CN(c2ccc(C(F)(F)F)cn2)C[C@H](C)N1S(=O)(=O)c1cccc(CC(=O)O)c1. The normalized spacial score (nSPS) is 20.6. The van der Waals surface area contributed by atoms with Crippen molar-refractivity contribution in [2.45, 2.75) is 43.4 Å². The van der Waals surface area contributed by atoms with Gasteiger partial charge in [-0.05, 0) is 43.7 Å². The van der Waals surface area contributed by atoms with Crippen molar-refractivity contribution in [1.29, 1.82) is 0 Å². The van der Waals surface area contributed by atoms with Gasteiger partial charge in [0, 0.05) is 31.4 Å². The second-order valence-electron chi connectivity index (χ2n) is 7.56. The molecule has 1 saturated heterocycles. The molecule has 1 fully saturated rings. The maximum atomic E-state index is 13.3. The average molecular weight is 457 g/mol. The van der Waals surface area contributed by atoms with E-state index in [-0.39, 0.29) is 24.4 Å². The highest BCUT2D eigenvalue weighted by Gasteiger charge is 2.39. The largest absolute Gasteiger partial charge is 0.481 e. The third-order valence-corrected chi connectivity index (χ3v) is 7.19. The number of halogens is 3. The van der Waals surface area contributed by atoms with Crippen LogP contribution >= 0.6 is 0 Å². The van der Waals surface area contributed by atoms with Crippen LogP contribution < -0.4 is 4.90 Å². The molecule has 7 nitrogen and oxygen atoms in total. The highest BCUT2D eigenvalue weighted by atomic mass is 32.2. The summed E-state index contributed by atoms with van der Waals surface area (Å²) in [5, 5.41) is 8.96. The number of hydrogen-bond acceptors (Lipinski definition) is 5. The van der Waals surface area contributed by atoms with E-state index in [1.165, 1.54) is 28.6 Å². The molecule has 0 amide bonds. The number of hydrogen-bond donors (Lipinski definition) is 1. The van der Waals surface area contributed by atoms with Crippen molar-refractivity contribution in [1.82, 2.24) is 9.29 Å². The number of benzene rings is 1. The number of carboxylic acids is 1. The van der Waals surface area contributed by atoms with Gasteiger partial charge >= 0.3 is 12.1 Å². The Morgan fingerprint density at radius 3 is 2.32 bits per heavy atom. The van der Waals surface area contributed by atoms with Crippen LogP contribution in [-0.2, 0) is 27.4 Å². The lowest BCUT2D eigenvalue weighted by Crippen LogP contribution is -2.58. The first-order valence-corrected chi connectivity index (χ1v) is 11.0. The number of aliphatic carboxylic acids is 1. The molecule has 1 N–H and O–H groups in total. The van der Waals surface area contributed by atoms with E-state index >= 15 is 0 Å². The Balaban J connectivity index is 1.82.